The van der Waals surface area contributed by atoms with Crippen LogP contribution in [0, 0.1) is 0 Å². The van der Waals surface area contributed by atoms with E-state index < -0.39 is 0 Å². The minimum Gasteiger partial charge on any atom is -0.396 e. The molecule has 3 heteroatoms. The van der Waals surface area contributed by atoms with Gasteiger partial charge in [0.05, 0.1) is 0 Å². The first kappa shape index (κ1) is 22.9. The quantitative estimate of drug-likeness (QED) is 0.271. The molecule has 23 heavy (non-hydrogen) atoms. The van der Waals surface area contributed by atoms with Crippen molar-refractivity contribution in [2.45, 2.75) is 110 Å². The van der Waals surface area contributed by atoms with Crippen LogP contribution in [0.15, 0.2) is 0 Å². The average molecular weight is 331 g/mol. The van der Waals surface area contributed by atoms with Crippen molar-refractivity contribution >= 4 is 0 Å². The Balaban J connectivity index is 0.00000104. The predicted octanol–water partition coefficient (Wildman–Crippen LogP) is 6.19. The molecule has 0 unspecified atom stereocenters. The van der Waals surface area contributed by atoms with E-state index in [0.29, 0.717) is 6.61 Å². The molecule has 140 valence electrons. The van der Waals surface area contributed by atoms with Crippen molar-refractivity contribution in [3.8, 4) is 0 Å². The molecule has 0 saturated carbocycles. The van der Waals surface area contributed by atoms with E-state index in [-0.39, 0.29) is 0 Å². The highest BCUT2D eigenvalue weighted by Gasteiger charge is 1.96. The summed E-state index contributed by atoms with van der Waals surface area (Å²) in [6.45, 7) is 4.21. The van der Waals surface area contributed by atoms with E-state index in [1.807, 2.05) is 0 Å². The van der Waals surface area contributed by atoms with Crippen LogP contribution in [-0.2, 0) is 9.78 Å². The SMILES string of the molecule is C1COO1.CCCCCCCCCCCCCCCCCCO. The van der Waals surface area contributed by atoms with Crippen LogP contribution in [0.25, 0.3) is 0 Å². The molecule has 0 aliphatic carbocycles. The monoisotopic (exact) mass is 330 g/mol. The fraction of sp³-hybridized carbons (Fsp3) is 1.00. The van der Waals surface area contributed by atoms with Gasteiger partial charge in [-0.15, -0.1) is 0 Å². The van der Waals surface area contributed by atoms with E-state index in [0.717, 1.165) is 19.6 Å². The first-order valence-corrected chi connectivity index (χ1v) is 10.3. The Morgan fingerprint density at radius 2 is 0.783 bits per heavy atom. The third kappa shape index (κ3) is 21.9. The summed E-state index contributed by atoms with van der Waals surface area (Å²) in [5.41, 5.74) is 0. The summed E-state index contributed by atoms with van der Waals surface area (Å²) in [5, 5.41) is 8.67. The first-order chi connectivity index (χ1) is 11.4. The largest absolute Gasteiger partial charge is 0.396 e. The lowest BCUT2D eigenvalue weighted by molar-refractivity contribution is -0.382. The molecule has 3 nitrogen and oxygen atoms in total. The van der Waals surface area contributed by atoms with Crippen LogP contribution in [0.4, 0.5) is 0 Å². The lowest BCUT2D eigenvalue weighted by Gasteiger charge is -2.08. The Kier molecular flexibility index (Phi) is 21.8. The van der Waals surface area contributed by atoms with Gasteiger partial charge in [0, 0.05) is 6.61 Å². The van der Waals surface area contributed by atoms with Gasteiger partial charge in [0.15, 0.2) is 0 Å². The minimum atomic E-state index is 0.373. The van der Waals surface area contributed by atoms with Crippen LogP contribution in [0.2, 0.25) is 0 Å². The zero-order chi connectivity index (χ0) is 16.8. The third-order valence-corrected chi connectivity index (χ3v) is 4.35. The second kappa shape index (κ2) is 21.9. The second-order valence-electron chi connectivity index (χ2n) is 6.67. The molecule has 1 fully saturated rings. The van der Waals surface area contributed by atoms with Gasteiger partial charge in [-0.05, 0) is 6.42 Å². The molecule has 1 saturated heterocycles. The number of hydrogen-bond donors (Lipinski definition) is 1. The van der Waals surface area contributed by atoms with Crippen molar-refractivity contribution < 1.29 is 14.9 Å². The van der Waals surface area contributed by atoms with Crippen LogP contribution in [0.5, 0.6) is 0 Å². The predicted molar refractivity (Wildman–Crippen MR) is 98.5 cm³/mol. The summed E-state index contributed by atoms with van der Waals surface area (Å²) < 4.78 is 0. The fourth-order valence-electron chi connectivity index (χ4n) is 2.74. The summed E-state index contributed by atoms with van der Waals surface area (Å²) in [7, 11) is 0. The molecule has 1 aliphatic rings. The molecule has 0 aromatic carbocycles. The molecule has 1 heterocycles. The Morgan fingerprint density at radius 1 is 0.522 bits per heavy atom. The van der Waals surface area contributed by atoms with Crippen molar-refractivity contribution in [2.75, 3.05) is 19.8 Å². The zero-order valence-electron chi connectivity index (χ0n) is 15.7. The highest BCUT2D eigenvalue weighted by Crippen LogP contribution is 2.13. The van der Waals surface area contributed by atoms with Crippen LogP contribution in [-0.4, -0.2) is 24.9 Å². The molecule has 0 aromatic rings. The van der Waals surface area contributed by atoms with Gasteiger partial charge in [-0.2, -0.15) is 0 Å². The molecule has 1 aliphatic heterocycles. The summed E-state index contributed by atoms with van der Waals surface area (Å²) in [5.74, 6) is 0. The Morgan fingerprint density at radius 3 is 1.00 bits per heavy atom. The van der Waals surface area contributed by atoms with Crippen LogP contribution in [0.1, 0.15) is 110 Å². The molecule has 1 N–H and O–H groups in total. The Labute approximate surface area is 145 Å². The number of unbranched alkanes of at least 4 members (excludes halogenated alkanes) is 15. The maximum Gasteiger partial charge on any atom is 0.109 e. The van der Waals surface area contributed by atoms with Gasteiger partial charge in [0.2, 0.25) is 0 Å². The van der Waals surface area contributed by atoms with Crippen LogP contribution in [0.3, 0.4) is 0 Å². The van der Waals surface area contributed by atoms with Gasteiger partial charge < -0.3 is 5.11 Å². The van der Waals surface area contributed by atoms with E-state index in [4.69, 9.17) is 5.11 Å². The van der Waals surface area contributed by atoms with Crippen molar-refractivity contribution in [2.24, 2.45) is 0 Å². The number of hydrogen-bond acceptors (Lipinski definition) is 3. The number of rotatable bonds is 16. The van der Waals surface area contributed by atoms with Gasteiger partial charge in [0.1, 0.15) is 13.2 Å². The number of aliphatic hydroxyl groups is 1. The maximum absolute atomic E-state index is 8.67. The van der Waals surface area contributed by atoms with Crippen LogP contribution < -0.4 is 0 Å². The molecule has 0 radical (unpaired) electrons. The van der Waals surface area contributed by atoms with E-state index in [1.165, 1.54) is 96.3 Å². The van der Waals surface area contributed by atoms with Gasteiger partial charge in [-0.1, -0.05) is 103 Å². The Hall–Kier alpha value is -0.120. The standard InChI is InChI=1S/C18H38O.C2H4O2/c1-2-3-4-5-6-7-8-9-10-11-12-13-14-15-16-17-18-19;1-2-4-3-1/h19H,2-18H2,1H3;1-2H2. The highest BCUT2D eigenvalue weighted by molar-refractivity contribution is 4.49. The highest BCUT2D eigenvalue weighted by atomic mass is 17.2. The summed E-state index contributed by atoms with van der Waals surface area (Å²) in [6.07, 6.45) is 22.2. The Bertz CT molecular complexity index is 173. The van der Waals surface area contributed by atoms with Crippen molar-refractivity contribution in [3.63, 3.8) is 0 Å². The van der Waals surface area contributed by atoms with Crippen molar-refractivity contribution in [1.29, 1.82) is 0 Å². The topological polar surface area (TPSA) is 38.7 Å². The lowest BCUT2D eigenvalue weighted by Crippen LogP contribution is -2.14. The van der Waals surface area contributed by atoms with Gasteiger partial charge in [-0.25, -0.2) is 9.78 Å². The lowest BCUT2D eigenvalue weighted by atomic mass is 10.0. The molecule has 0 aromatic heterocycles. The summed E-state index contributed by atoms with van der Waals surface area (Å²) in [6, 6.07) is 0. The van der Waals surface area contributed by atoms with Gasteiger partial charge in [0.25, 0.3) is 0 Å². The van der Waals surface area contributed by atoms with Crippen LogP contribution >= 0.6 is 0 Å². The summed E-state index contributed by atoms with van der Waals surface area (Å²) >= 11 is 0. The molecule has 0 atom stereocenters. The zero-order valence-corrected chi connectivity index (χ0v) is 15.7. The van der Waals surface area contributed by atoms with Gasteiger partial charge >= 0.3 is 0 Å². The third-order valence-electron chi connectivity index (χ3n) is 4.35. The van der Waals surface area contributed by atoms with Gasteiger partial charge in [-0.3, -0.25) is 0 Å². The van der Waals surface area contributed by atoms with Crippen molar-refractivity contribution in [3.05, 3.63) is 0 Å². The van der Waals surface area contributed by atoms with E-state index in [2.05, 4.69) is 16.7 Å². The van der Waals surface area contributed by atoms with E-state index in [1.54, 1.807) is 0 Å². The fourth-order valence-corrected chi connectivity index (χ4v) is 2.74. The minimum absolute atomic E-state index is 0.373. The van der Waals surface area contributed by atoms with E-state index in [9.17, 15) is 0 Å². The maximum atomic E-state index is 8.67. The smallest absolute Gasteiger partial charge is 0.109 e. The molecular formula is C20H42O3. The molecule has 1 rings (SSSR count). The summed E-state index contributed by atoms with van der Waals surface area (Å²) in [4.78, 5) is 8.44. The molecule has 0 amide bonds. The molecule has 0 spiro atoms. The normalized spacial score (nSPS) is 13.3. The van der Waals surface area contributed by atoms with E-state index >= 15 is 0 Å². The van der Waals surface area contributed by atoms with Crippen molar-refractivity contribution in [1.82, 2.24) is 0 Å². The first-order valence-electron chi connectivity index (χ1n) is 10.3. The number of aliphatic hydroxyl groups excluding tert-OH is 1. The average Bonchev–Trinajstić information content (AvgIpc) is 2.49. The molecular weight excluding hydrogens is 288 g/mol. The second-order valence-corrected chi connectivity index (χ2v) is 6.67. The molecule has 0 bridgehead atoms.